The molecule has 0 aliphatic rings. The van der Waals surface area contributed by atoms with Gasteiger partial charge in [0.1, 0.15) is 11.2 Å². The van der Waals surface area contributed by atoms with Crippen LogP contribution in [0.15, 0.2) is 199 Å². The first-order chi connectivity index (χ1) is 27.8. The van der Waals surface area contributed by atoms with Gasteiger partial charge in [-0.2, -0.15) is 0 Å². The van der Waals surface area contributed by atoms with E-state index in [0.29, 0.717) is 17.5 Å². The van der Waals surface area contributed by atoms with Crippen molar-refractivity contribution in [3.8, 4) is 62.1 Å². The molecule has 0 amide bonds. The summed E-state index contributed by atoms with van der Waals surface area (Å²) in [4.78, 5) is 15.3. The molecule has 0 bridgehead atoms. The fraction of sp³-hybridized carbons (Fsp3) is 0. The van der Waals surface area contributed by atoms with Gasteiger partial charge < -0.3 is 8.98 Å². The maximum Gasteiger partial charge on any atom is 0.166 e. The van der Waals surface area contributed by atoms with Crippen molar-refractivity contribution in [1.29, 1.82) is 0 Å². The van der Waals surface area contributed by atoms with Gasteiger partial charge >= 0.3 is 0 Å². The number of benzene rings is 8. The predicted molar refractivity (Wildman–Crippen MR) is 229 cm³/mol. The summed E-state index contributed by atoms with van der Waals surface area (Å²) >= 11 is 0. The summed E-state index contributed by atoms with van der Waals surface area (Å²) in [6, 6.07) is 67.3. The lowest BCUT2D eigenvalue weighted by Crippen LogP contribution is -2.02. The van der Waals surface area contributed by atoms with E-state index in [2.05, 4.69) is 132 Å². The fourth-order valence-corrected chi connectivity index (χ4v) is 8.04. The van der Waals surface area contributed by atoms with Crippen LogP contribution < -0.4 is 0 Å². The Hall–Kier alpha value is -7.63. The molecule has 56 heavy (non-hydrogen) atoms. The van der Waals surface area contributed by atoms with Crippen molar-refractivity contribution < 1.29 is 4.42 Å². The zero-order valence-electron chi connectivity index (χ0n) is 30.2. The van der Waals surface area contributed by atoms with Gasteiger partial charge in [-0.3, -0.25) is 0 Å². The maximum atomic E-state index is 6.67. The van der Waals surface area contributed by atoms with Crippen LogP contribution >= 0.6 is 0 Å². The minimum atomic E-state index is 0.611. The van der Waals surface area contributed by atoms with Crippen LogP contribution in [0.3, 0.4) is 0 Å². The lowest BCUT2D eigenvalue weighted by molar-refractivity contribution is 0.669. The average Bonchev–Trinajstić information content (AvgIpc) is 3.83. The SMILES string of the molecule is c1ccc(-c2ccc(-c3ccc4c(c3)oc3cccc(-n5c6ccccc6c6cccc(-c7nc(-c8ccccc8)nc(-c8ccccc8)n7)c65)c34)cc2)cc1. The Morgan fingerprint density at radius 1 is 0.357 bits per heavy atom. The smallest absolute Gasteiger partial charge is 0.166 e. The van der Waals surface area contributed by atoms with Crippen molar-refractivity contribution in [2.45, 2.75) is 0 Å². The first kappa shape index (κ1) is 31.9. The van der Waals surface area contributed by atoms with E-state index >= 15 is 0 Å². The topological polar surface area (TPSA) is 56.7 Å². The molecular weight excluding hydrogens is 685 g/mol. The summed E-state index contributed by atoms with van der Waals surface area (Å²) in [7, 11) is 0. The van der Waals surface area contributed by atoms with E-state index in [9.17, 15) is 0 Å². The second-order valence-electron chi connectivity index (χ2n) is 14.0. The molecule has 0 radical (unpaired) electrons. The summed E-state index contributed by atoms with van der Waals surface area (Å²) in [5.41, 5.74) is 12.2. The van der Waals surface area contributed by atoms with Gasteiger partial charge in [-0.15, -0.1) is 0 Å². The molecule has 0 unspecified atom stereocenters. The molecule has 8 aromatic carbocycles. The molecular formula is C51H32N4O. The van der Waals surface area contributed by atoms with Crippen LogP contribution in [0.2, 0.25) is 0 Å². The number of hydrogen-bond acceptors (Lipinski definition) is 4. The van der Waals surface area contributed by atoms with Gasteiger partial charge in [0.15, 0.2) is 17.5 Å². The standard InChI is InChI=1S/C51H32N4O/c1-4-14-33(15-5-1)34-26-28-35(29-27-34)38-30-31-41-46(32-38)56-45-25-13-24-44(47(41)45)55-43-23-11-10-20-39(43)40-21-12-22-42(48(40)55)51-53-49(36-16-6-2-7-17-36)52-50(54-51)37-18-8-3-9-19-37/h1-32H. The summed E-state index contributed by atoms with van der Waals surface area (Å²) < 4.78 is 9.03. The Labute approximate surface area is 322 Å². The van der Waals surface area contributed by atoms with Crippen LogP contribution in [0, 0.1) is 0 Å². The molecule has 5 nitrogen and oxygen atoms in total. The highest BCUT2D eigenvalue weighted by Crippen LogP contribution is 2.42. The first-order valence-corrected chi connectivity index (χ1v) is 18.8. The molecule has 5 heteroatoms. The van der Waals surface area contributed by atoms with E-state index in [1.165, 1.54) is 11.1 Å². The monoisotopic (exact) mass is 716 g/mol. The molecule has 0 aliphatic heterocycles. The van der Waals surface area contributed by atoms with Crippen LogP contribution in [0.25, 0.3) is 106 Å². The van der Waals surface area contributed by atoms with Crippen molar-refractivity contribution in [2.75, 3.05) is 0 Å². The first-order valence-electron chi connectivity index (χ1n) is 18.8. The minimum Gasteiger partial charge on any atom is -0.456 e. The predicted octanol–water partition coefficient (Wildman–Crippen LogP) is 13.2. The van der Waals surface area contributed by atoms with E-state index in [-0.39, 0.29) is 0 Å². The normalized spacial score (nSPS) is 11.6. The van der Waals surface area contributed by atoms with Crippen LogP contribution in [-0.4, -0.2) is 19.5 Å². The van der Waals surface area contributed by atoms with Crippen molar-refractivity contribution >= 4 is 43.7 Å². The zero-order chi connectivity index (χ0) is 37.0. The number of nitrogens with zero attached hydrogens (tertiary/aromatic N) is 4. The van der Waals surface area contributed by atoms with E-state index in [0.717, 1.165) is 77.2 Å². The minimum absolute atomic E-state index is 0.611. The molecule has 3 heterocycles. The Kier molecular flexibility index (Phi) is 7.42. The van der Waals surface area contributed by atoms with Crippen LogP contribution in [-0.2, 0) is 0 Å². The van der Waals surface area contributed by atoms with E-state index in [1.54, 1.807) is 0 Å². The second-order valence-corrected chi connectivity index (χ2v) is 14.0. The molecule has 0 aliphatic carbocycles. The fourth-order valence-electron chi connectivity index (χ4n) is 8.04. The third-order valence-corrected chi connectivity index (χ3v) is 10.7. The van der Waals surface area contributed by atoms with Crippen molar-refractivity contribution in [3.63, 3.8) is 0 Å². The van der Waals surface area contributed by atoms with Gasteiger partial charge in [-0.25, -0.2) is 15.0 Å². The third-order valence-electron chi connectivity index (χ3n) is 10.7. The number of hydrogen-bond donors (Lipinski definition) is 0. The maximum absolute atomic E-state index is 6.67. The number of para-hydroxylation sites is 2. The molecule has 0 atom stereocenters. The summed E-state index contributed by atoms with van der Waals surface area (Å²) in [5, 5.41) is 4.38. The molecule has 0 saturated carbocycles. The van der Waals surface area contributed by atoms with Gasteiger partial charge in [-0.05, 0) is 58.7 Å². The lowest BCUT2D eigenvalue weighted by atomic mass is 9.99. The Morgan fingerprint density at radius 2 is 0.893 bits per heavy atom. The lowest BCUT2D eigenvalue weighted by Gasteiger charge is -2.13. The van der Waals surface area contributed by atoms with E-state index in [4.69, 9.17) is 19.4 Å². The van der Waals surface area contributed by atoms with Crippen molar-refractivity contribution in [3.05, 3.63) is 194 Å². The van der Waals surface area contributed by atoms with Crippen LogP contribution in [0.5, 0.6) is 0 Å². The quantitative estimate of drug-likeness (QED) is 0.172. The third kappa shape index (κ3) is 5.29. The molecule has 3 aromatic heterocycles. The highest BCUT2D eigenvalue weighted by atomic mass is 16.3. The summed E-state index contributed by atoms with van der Waals surface area (Å²) in [5.74, 6) is 1.87. The van der Waals surface area contributed by atoms with E-state index in [1.807, 2.05) is 66.7 Å². The molecule has 0 fully saturated rings. The molecule has 0 N–H and O–H groups in total. The Bertz CT molecular complexity index is 3160. The Morgan fingerprint density at radius 3 is 1.59 bits per heavy atom. The van der Waals surface area contributed by atoms with E-state index < -0.39 is 0 Å². The van der Waals surface area contributed by atoms with Gasteiger partial charge in [-0.1, -0.05) is 158 Å². The molecule has 0 saturated heterocycles. The summed E-state index contributed by atoms with van der Waals surface area (Å²) in [6.07, 6.45) is 0. The number of fused-ring (bicyclic) bond motifs is 6. The summed E-state index contributed by atoms with van der Waals surface area (Å²) in [6.45, 7) is 0. The second kappa shape index (κ2) is 13.0. The van der Waals surface area contributed by atoms with Gasteiger partial charge in [0.2, 0.25) is 0 Å². The molecule has 0 spiro atoms. The van der Waals surface area contributed by atoms with Crippen LogP contribution in [0.1, 0.15) is 0 Å². The average molecular weight is 717 g/mol. The molecule has 11 rings (SSSR count). The molecule has 262 valence electrons. The van der Waals surface area contributed by atoms with Gasteiger partial charge in [0.05, 0.1) is 22.1 Å². The van der Waals surface area contributed by atoms with Crippen molar-refractivity contribution in [2.24, 2.45) is 0 Å². The molecule has 11 aromatic rings. The number of rotatable bonds is 6. The van der Waals surface area contributed by atoms with Gasteiger partial charge in [0, 0.05) is 32.8 Å². The highest BCUT2D eigenvalue weighted by Gasteiger charge is 2.22. The van der Waals surface area contributed by atoms with Gasteiger partial charge in [0.25, 0.3) is 0 Å². The zero-order valence-corrected chi connectivity index (χ0v) is 30.2. The largest absolute Gasteiger partial charge is 0.456 e. The number of furan rings is 1. The number of aromatic nitrogens is 4. The highest BCUT2D eigenvalue weighted by molar-refractivity contribution is 6.17. The van der Waals surface area contributed by atoms with Crippen molar-refractivity contribution in [1.82, 2.24) is 19.5 Å². The van der Waals surface area contributed by atoms with Crippen LogP contribution in [0.4, 0.5) is 0 Å². The Balaban J connectivity index is 1.12.